The van der Waals surface area contributed by atoms with Gasteiger partial charge in [-0.3, -0.25) is 9.69 Å². The molecule has 0 spiro atoms. The van der Waals surface area contributed by atoms with Gasteiger partial charge in [0.05, 0.1) is 19.6 Å². The van der Waals surface area contributed by atoms with E-state index < -0.39 is 0 Å². The van der Waals surface area contributed by atoms with E-state index in [9.17, 15) is 14.4 Å². The number of carbonyl (C=O) groups excluding carboxylic acids is 1. The molecule has 0 aliphatic carbocycles. The highest BCUT2D eigenvalue weighted by molar-refractivity contribution is 5.79. The molecule has 1 unspecified atom stereocenters. The van der Waals surface area contributed by atoms with Crippen molar-refractivity contribution < 1.29 is 13.9 Å². The van der Waals surface area contributed by atoms with Gasteiger partial charge in [0, 0.05) is 26.2 Å². The highest BCUT2D eigenvalue weighted by atomic mass is 19.1. The monoisotopic (exact) mass is 367 g/mol. The van der Waals surface area contributed by atoms with Gasteiger partial charge >= 0.3 is 0 Å². The van der Waals surface area contributed by atoms with Crippen LogP contribution < -0.4 is 4.74 Å². The number of piperazine rings is 1. The highest BCUT2D eigenvalue weighted by Gasteiger charge is 2.27. The molecule has 1 saturated heterocycles. The van der Waals surface area contributed by atoms with Crippen molar-refractivity contribution >= 4 is 5.91 Å². The van der Waals surface area contributed by atoms with E-state index in [4.69, 9.17) is 4.74 Å². The molecular formula is C21H22FN3O2. The molecule has 5 nitrogen and oxygen atoms in total. The smallest absolute Gasteiger partial charge is 0.227 e. The molecular weight excluding hydrogens is 345 g/mol. The Morgan fingerprint density at radius 1 is 1.15 bits per heavy atom. The Morgan fingerprint density at radius 2 is 1.81 bits per heavy atom. The van der Waals surface area contributed by atoms with Gasteiger partial charge in [0.25, 0.3) is 0 Å². The van der Waals surface area contributed by atoms with Crippen LogP contribution in [0.2, 0.25) is 0 Å². The van der Waals surface area contributed by atoms with E-state index in [0.29, 0.717) is 31.7 Å². The Morgan fingerprint density at radius 3 is 2.41 bits per heavy atom. The normalized spacial score (nSPS) is 15.8. The number of benzene rings is 2. The minimum atomic E-state index is -0.361. The zero-order chi connectivity index (χ0) is 19.2. The van der Waals surface area contributed by atoms with Crippen molar-refractivity contribution in [2.24, 2.45) is 0 Å². The maximum absolute atomic E-state index is 13.7. The summed E-state index contributed by atoms with van der Waals surface area (Å²) in [6, 6.07) is 15.8. The zero-order valence-electron chi connectivity index (χ0n) is 15.3. The summed E-state index contributed by atoms with van der Waals surface area (Å²) in [5, 5.41) is 9.61. The first-order valence-corrected chi connectivity index (χ1v) is 8.91. The van der Waals surface area contributed by atoms with E-state index in [1.807, 2.05) is 24.3 Å². The Bertz CT molecular complexity index is 824. The topological polar surface area (TPSA) is 56.6 Å². The molecule has 140 valence electrons. The van der Waals surface area contributed by atoms with Crippen LogP contribution in [0.5, 0.6) is 5.75 Å². The van der Waals surface area contributed by atoms with Crippen molar-refractivity contribution in [3.05, 3.63) is 65.5 Å². The minimum Gasteiger partial charge on any atom is -0.497 e. The third-order valence-corrected chi connectivity index (χ3v) is 4.89. The van der Waals surface area contributed by atoms with E-state index >= 15 is 0 Å². The van der Waals surface area contributed by atoms with Crippen LogP contribution >= 0.6 is 0 Å². The van der Waals surface area contributed by atoms with Crippen LogP contribution in [0.25, 0.3) is 0 Å². The number of rotatable bonds is 5. The first-order chi connectivity index (χ1) is 13.1. The summed E-state index contributed by atoms with van der Waals surface area (Å²) < 4.78 is 18.9. The van der Waals surface area contributed by atoms with Crippen molar-refractivity contribution in [1.29, 1.82) is 5.26 Å². The lowest BCUT2D eigenvalue weighted by molar-refractivity contribution is -0.132. The molecule has 0 saturated carbocycles. The van der Waals surface area contributed by atoms with Gasteiger partial charge in [0.15, 0.2) is 0 Å². The second kappa shape index (κ2) is 8.65. The molecule has 1 aliphatic heterocycles. The number of carbonyl (C=O) groups is 1. The summed E-state index contributed by atoms with van der Waals surface area (Å²) in [6.07, 6.45) is 0.0623. The van der Waals surface area contributed by atoms with E-state index in [0.717, 1.165) is 11.3 Å². The average molecular weight is 367 g/mol. The maximum Gasteiger partial charge on any atom is 0.227 e. The highest BCUT2D eigenvalue weighted by Crippen LogP contribution is 2.24. The van der Waals surface area contributed by atoms with Crippen LogP contribution in [0.1, 0.15) is 17.2 Å². The number of ether oxygens (including phenoxy) is 1. The van der Waals surface area contributed by atoms with Gasteiger partial charge in [-0.05, 0) is 29.3 Å². The summed E-state index contributed by atoms with van der Waals surface area (Å²) in [7, 11) is 1.61. The zero-order valence-corrected chi connectivity index (χ0v) is 15.3. The van der Waals surface area contributed by atoms with Gasteiger partial charge in [0.1, 0.15) is 17.6 Å². The van der Waals surface area contributed by atoms with Crippen molar-refractivity contribution in [3.63, 3.8) is 0 Å². The minimum absolute atomic E-state index is 0.0623. The van der Waals surface area contributed by atoms with E-state index in [1.54, 1.807) is 30.2 Å². The lowest BCUT2D eigenvalue weighted by Gasteiger charge is -2.37. The van der Waals surface area contributed by atoms with Gasteiger partial charge in [-0.25, -0.2) is 4.39 Å². The molecule has 2 aromatic carbocycles. The number of amides is 1. The second-order valence-corrected chi connectivity index (χ2v) is 6.49. The van der Waals surface area contributed by atoms with Crippen LogP contribution in [0.4, 0.5) is 4.39 Å². The van der Waals surface area contributed by atoms with Gasteiger partial charge < -0.3 is 9.64 Å². The molecule has 0 radical (unpaired) electrons. The number of nitriles is 1. The van der Waals surface area contributed by atoms with Crippen LogP contribution in [0.15, 0.2) is 48.5 Å². The summed E-state index contributed by atoms with van der Waals surface area (Å²) in [4.78, 5) is 16.3. The molecule has 0 aromatic heterocycles. The summed E-state index contributed by atoms with van der Waals surface area (Å²) in [5.41, 5.74) is 1.32. The summed E-state index contributed by atoms with van der Waals surface area (Å²) >= 11 is 0. The first-order valence-electron chi connectivity index (χ1n) is 8.91. The fourth-order valence-corrected chi connectivity index (χ4v) is 3.30. The van der Waals surface area contributed by atoms with Gasteiger partial charge in [-0.15, -0.1) is 0 Å². The molecule has 0 N–H and O–H groups in total. The third-order valence-electron chi connectivity index (χ3n) is 4.89. The van der Waals surface area contributed by atoms with Gasteiger partial charge in [0.2, 0.25) is 5.91 Å². The van der Waals surface area contributed by atoms with E-state index in [-0.39, 0.29) is 24.2 Å². The second-order valence-electron chi connectivity index (χ2n) is 6.49. The molecule has 1 atom stereocenters. The number of nitrogens with zero attached hydrogens (tertiary/aromatic N) is 3. The van der Waals surface area contributed by atoms with Gasteiger partial charge in [-0.1, -0.05) is 30.3 Å². The van der Waals surface area contributed by atoms with Crippen LogP contribution in [-0.4, -0.2) is 49.0 Å². The lowest BCUT2D eigenvalue weighted by atomic mass is 10.0. The standard InChI is InChI=1S/C21H22FN3O2/c1-27-18-8-6-16(7-9-18)20(15-23)24-10-12-25(13-11-24)21(26)14-17-4-2-3-5-19(17)22/h2-9,20H,10-14H2,1H3. The van der Waals surface area contributed by atoms with Crippen molar-refractivity contribution in [2.45, 2.75) is 12.5 Å². The Kier molecular flexibility index (Phi) is 6.05. The number of halogens is 1. The number of methoxy groups -OCH3 is 1. The van der Waals surface area contributed by atoms with Crippen LogP contribution in [-0.2, 0) is 11.2 Å². The number of hydrogen-bond acceptors (Lipinski definition) is 4. The van der Waals surface area contributed by atoms with Crippen molar-refractivity contribution in [3.8, 4) is 11.8 Å². The summed E-state index contributed by atoms with van der Waals surface area (Å²) in [5.74, 6) is 0.310. The molecule has 1 heterocycles. The summed E-state index contributed by atoms with van der Waals surface area (Å²) in [6.45, 7) is 2.27. The molecule has 1 amide bonds. The largest absolute Gasteiger partial charge is 0.497 e. The fraction of sp³-hybridized carbons (Fsp3) is 0.333. The van der Waals surface area contributed by atoms with E-state index in [1.165, 1.54) is 6.07 Å². The molecule has 6 heteroatoms. The quantitative estimate of drug-likeness (QED) is 0.815. The van der Waals surface area contributed by atoms with Crippen molar-refractivity contribution in [2.75, 3.05) is 33.3 Å². The molecule has 0 bridgehead atoms. The Hall–Kier alpha value is -2.91. The van der Waals surface area contributed by atoms with Crippen LogP contribution in [0.3, 0.4) is 0 Å². The maximum atomic E-state index is 13.7. The van der Waals surface area contributed by atoms with Crippen molar-refractivity contribution in [1.82, 2.24) is 9.80 Å². The molecule has 1 fully saturated rings. The Labute approximate surface area is 158 Å². The van der Waals surface area contributed by atoms with E-state index in [2.05, 4.69) is 11.0 Å². The lowest BCUT2D eigenvalue weighted by Crippen LogP contribution is -2.49. The number of hydrogen-bond donors (Lipinski definition) is 0. The third kappa shape index (κ3) is 4.44. The molecule has 27 heavy (non-hydrogen) atoms. The average Bonchev–Trinajstić information content (AvgIpc) is 2.71. The molecule has 3 rings (SSSR count). The predicted molar refractivity (Wildman–Crippen MR) is 99.6 cm³/mol. The SMILES string of the molecule is COc1ccc(C(C#N)N2CCN(C(=O)Cc3ccccc3F)CC2)cc1. The Balaban J connectivity index is 1.59. The molecule has 1 aliphatic rings. The van der Waals surface area contributed by atoms with Gasteiger partial charge in [-0.2, -0.15) is 5.26 Å². The fourth-order valence-electron chi connectivity index (χ4n) is 3.30. The first kappa shape index (κ1) is 18.9. The van der Waals surface area contributed by atoms with Crippen LogP contribution in [0, 0.1) is 17.1 Å². The predicted octanol–water partition coefficient (Wildman–Crippen LogP) is 2.79. The molecule has 2 aromatic rings.